The number of hydrogen-bond acceptors (Lipinski definition) is 2. The Hall–Kier alpha value is -2.04. The minimum absolute atomic E-state index is 0.0767. The van der Waals surface area contributed by atoms with Crippen LogP contribution in [0.2, 0.25) is 0 Å². The number of amides is 2. The average molecular weight is 262 g/mol. The number of rotatable bonds is 4. The fraction of sp³-hybridized carbons (Fsp3) is 0.429. The van der Waals surface area contributed by atoms with E-state index in [0.717, 1.165) is 24.1 Å². The average Bonchev–Trinajstić information content (AvgIpc) is 3.19. The number of nitrogens with zero attached hydrogens (tertiary/aromatic N) is 1. The molecule has 2 N–H and O–H groups in total. The number of carbonyl (C=O) groups excluding carboxylic acids is 1. The summed E-state index contributed by atoms with van der Waals surface area (Å²) in [5.41, 5.74) is 1.85. The lowest BCUT2D eigenvalue weighted by molar-refractivity contribution is -0.139. The second-order valence-corrected chi connectivity index (χ2v) is 5.00. The summed E-state index contributed by atoms with van der Waals surface area (Å²) in [5, 5.41) is 11.7. The summed E-state index contributed by atoms with van der Waals surface area (Å²) in [4.78, 5) is 24.5. The standard InChI is InChI=1S/C14H18N2O3/c1-9-3-7-11(8-4-9)16(2)14(19)15-12(13(17)18)10-5-6-10/h3-4,7-8,10,12H,5-6H2,1-2H3,(H,15,19)(H,17,18). The number of carboxylic acids is 1. The molecule has 1 unspecified atom stereocenters. The van der Waals surface area contributed by atoms with E-state index in [0.29, 0.717) is 0 Å². The van der Waals surface area contributed by atoms with Gasteiger partial charge in [-0.15, -0.1) is 0 Å². The van der Waals surface area contributed by atoms with Gasteiger partial charge in [0.25, 0.3) is 0 Å². The van der Waals surface area contributed by atoms with Gasteiger partial charge in [-0.05, 0) is 37.8 Å². The van der Waals surface area contributed by atoms with Crippen LogP contribution in [0.3, 0.4) is 0 Å². The topological polar surface area (TPSA) is 69.6 Å². The van der Waals surface area contributed by atoms with Gasteiger partial charge in [0, 0.05) is 12.7 Å². The molecular weight excluding hydrogens is 244 g/mol. The number of nitrogens with one attached hydrogen (secondary N) is 1. The van der Waals surface area contributed by atoms with E-state index in [4.69, 9.17) is 5.11 Å². The monoisotopic (exact) mass is 262 g/mol. The van der Waals surface area contributed by atoms with Gasteiger partial charge in [0.05, 0.1) is 0 Å². The Morgan fingerprint density at radius 2 is 1.89 bits per heavy atom. The molecule has 1 fully saturated rings. The van der Waals surface area contributed by atoms with Crippen LogP contribution in [0, 0.1) is 12.8 Å². The van der Waals surface area contributed by atoms with Crippen LogP contribution in [0.5, 0.6) is 0 Å². The number of urea groups is 1. The molecule has 1 aromatic rings. The smallest absolute Gasteiger partial charge is 0.326 e. The number of anilines is 1. The molecule has 1 aliphatic rings. The highest BCUT2D eigenvalue weighted by atomic mass is 16.4. The van der Waals surface area contributed by atoms with Gasteiger partial charge in [0.15, 0.2) is 0 Å². The van der Waals surface area contributed by atoms with E-state index < -0.39 is 12.0 Å². The van der Waals surface area contributed by atoms with Crippen molar-refractivity contribution in [2.75, 3.05) is 11.9 Å². The third-order valence-corrected chi connectivity index (χ3v) is 3.36. The van der Waals surface area contributed by atoms with Crippen molar-refractivity contribution in [2.45, 2.75) is 25.8 Å². The Morgan fingerprint density at radius 3 is 2.37 bits per heavy atom. The number of carbonyl (C=O) groups is 2. The zero-order valence-electron chi connectivity index (χ0n) is 11.1. The summed E-state index contributed by atoms with van der Waals surface area (Å²) in [6, 6.07) is 6.33. The third kappa shape index (κ3) is 3.24. The van der Waals surface area contributed by atoms with Gasteiger partial charge in [-0.2, -0.15) is 0 Å². The normalized spacial score (nSPS) is 15.7. The first-order valence-corrected chi connectivity index (χ1v) is 6.32. The first-order valence-electron chi connectivity index (χ1n) is 6.32. The van der Waals surface area contributed by atoms with Crippen LogP contribution in [0.1, 0.15) is 18.4 Å². The van der Waals surface area contributed by atoms with Gasteiger partial charge in [0.1, 0.15) is 6.04 Å². The molecule has 5 heteroatoms. The quantitative estimate of drug-likeness (QED) is 0.872. The molecule has 1 aliphatic carbocycles. The van der Waals surface area contributed by atoms with E-state index in [1.165, 1.54) is 4.90 Å². The molecule has 0 aliphatic heterocycles. The molecule has 0 spiro atoms. The van der Waals surface area contributed by atoms with Gasteiger partial charge in [-0.25, -0.2) is 9.59 Å². The molecule has 102 valence electrons. The van der Waals surface area contributed by atoms with Crippen molar-refractivity contribution in [3.8, 4) is 0 Å². The fourth-order valence-electron chi connectivity index (χ4n) is 1.93. The molecule has 2 amide bonds. The van der Waals surface area contributed by atoms with Crippen molar-refractivity contribution < 1.29 is 14.7 Å². The summed E-state index contributed by atoms with van der Waals surface area (Å²) in [6.07, 6.45) is 1.73. The molecule has 1 saturated carbocycles. The Balaban J connectivity index is 2.02. The maximum Gasteiger partial charge on any atom is 0.326 e. The lowest BCUT2D eigenvalue weighted by Crippen LogP contribution is -2.47. The summed E-state index contributed by atoms with van der Waals surface area (Å²) in [6.45, 7) is 1.97. The molecule has 0 heterocycles. The molecule has 19 heavy (non-hydrogen) atoms. The lowest BCUT2D eigenvalue weighted by atomic mass is 10.2. The van der Waals surface area contributed by atoms with Gasteiger partial charge in [-0.1, -0.05) is 17.7 Å². The van der Waals surface area contributed by atoms with Crippen LogP contribution >= 0.6 is 0 Å². The molecule has 0 aromatic heterocycles. The second kappa shape index (κ2) is 5.30. The van der Waals surface area contributed by atoms with Crippen LogP contribution in [0.15, 0.2) is 24.3 Å². The first kappa shape index (κ1) is 13.4. The predicted octanol–water partition coefficient (Wildman–Crippen LogP) is 2.00. The Bertz CT molecular complexity index is 480. The molecule has 1 aromatic carbocycles. The Morgan fingerprint density at radius 1 is 1.32 bits per heavy atom. The molecule has 0 saturated heterocycles. The Kier molecular flexibility index (Phi) is 3.74. The molecule has 0 radical (unpaired) electrons. The van der Waals surface area contributed by atoms with E-state index in [2.05, 4.69) is 5.32 Å². The fourth-order valence-corrected chi connectivity index (χ4v) is 1.93. The van der Waals surface area contributed by atoms with E-state index in [1.54, 1.807) is 7.05 Å². The van der Waals surface area contributed by atoms with Crippen molar-refractivity contribution in [3.05, 3.63) is 29.8 Å². The number of aryl methyl sites for hydroxylation is 1. The Labute approximate surface area is 112 Å². The summed E-state index contributed by atoms with van der Waals surface area (Å²) in [7, 11) is 1.63. The predicted molar refractivity (Wildman–Crippen MR) is 72.3 cm³/mol. The third-order valence-electron chi connectivity index (χ3n) is 3.36. The highest BCUT2D eigenvalue weighted by molar-refractivity contribution is 5.94. The van der Waals surface area contributed by atoms with Crippen LogP contribution in [0.4, 0.5) is 10.5 Å². The lowest BCUT2D eigenvalue weighted by Gasteiger charge is -2.21. The minimum Gasteiger partial charge on any atom is -0.480 e. The van der Waals surface area contributed by atoms with Crippen LogP contribution < -0.4 is 10.2 Å². The van der Waals surface area contributed by atoms with Crippen molar-refractivity contribution in [3.63, 3.8) is 0 Å². The van der Waals surface area contributed by atoms with Crippen molar-refractivity contribution >= 4 is 17.7 Å². The van der Waals surface area contributed by atoms with Crippen LogP contribution in [-0.4, -0.2) is 30.2 Å². The SMILES string of the molecule is Cc1ccc(N(C)C(=O)NC(C(=O)O)C2CC2)cc1. The molecule has 1 atom stereocenters. The highest BCUT2D eigenvalue weighted by Crippen LogP contribution is 2.32. The minimum atomic E-state index is -0.965. The van der Waals surface area contributed by atoms with Gasteiger partial charge < -0.3 is 10.4 Å². The van der Waals surface area contributed by atoms with Gasteiger partial charge >= 0.3 is 12.0 Å². The van der Waals surface area contributed by atoms with Gasteiger partial charge in [-0.3, -0.25) is 4.90 Å². The largest absolute Gasteiger partial charge is 0.480 e. The number of carboxylic acid groups (broad SMARTS) is 1. The number of aliphatic carboxylic acids is 1. The summed E-state index contributed by atoms with van der Waals surface area (Å²) in [5.74, 6) is -0.888. The zero-order valence-corrected chi connectivity index (χ0v) is 11.1. The van der Waals surface area contributed by atoms with E-state index >= 15 is 0 Å². The first-order chi connectivity index (χ1) is 8.99. The van der Waals surface area contributed by atoms with E-state index in [-0.39, 0.29) is 11.9 Å². The molecular formula is C14H18N2O3. The van der Waals surface area contributed by atoms with Crippen LogP contribution in [-0.2, 0) is 4.79 Å². The van der Waals surface area contributed by atoms with Crippen molar-refractivity contribution in [1.82, 2.24) is 5.32 Å². The number of hydrogen-bond donors (Lipinski definition) is 2. The second-order valence-electron chi connectivity index (χ2n) is 5.00. The van der Waals surface area contributed by atoms with Crippen molar-refractivity contribution in [2.24, 2.45) is 5.92 Å². The molecule has 5 nitrogen and oxygen atoms in total. The molecule has 0 bridgehead atoms. The maximum absolute atomic E-state index is 12.0. The summed E-state index contributed by atoms with van der Waals surface area (Å²) >= 11 is 0. The zero-order chi connectivity index (χ0) is 14.0. The van der Waals surface area contributed by atoms with E-state index in [1.807, 2.05) is 31.2 Å². The van der Waals surface area contributed by atoms with Crippen molar-refractivity contribution in [1.29, 1.82) is 0 Å². The number of benzene rings is 1. The summed E-state index contributed by atoms with van der Waals surface area (Å²) < 4.78 is 0. The molecule has 2 rings (SSSR count). The highest BCUT2D eigenvalue weighted by Gasteiger charge is 2.37. The van der Waals surface area contributed by atoms with Gasteiger partial charge in [0.2, 0.25) is 0 Å². The van der Waals surface area contributed by atoms with Crippen LogP contribution in [0.25, 0.3) is 0 Å². The maximum atomic E-state index is 12.0. The van der Waals surface area contributed by atoms with E-state index in [9.17, 15) is 9.59 Å².